The maximum atomic E-state index is 12.4. The molecule has 0 aliphatic carbocycles. The lowest BCUT2D eigenvalue weighted by molar-refractivity contribution is -0.132. The number of nitrogens with one attached hydrogen (secondary N) is 1. The van der Waals surface area contributed by atoms with E-state index in [1.54, 1.807) is 6.92 Å². The van der Waals surface area contributed by atoms with Crippen molar-refractivity contribution in [3.8, 4) is 0 Å². The molecule has 4 nitrogen and oxygen atoms in total. The molecule has 1 amide bonds. The molecule has 2 N–H and O–H groups in total. The summed E-state index contributed by atoms with van der Waals surface area (Å²) in [7, 11) is 0. The highest BCUT2D eigenvalue weighted by Gasteiger charge is 2.41. The maximum absolute atomic E-state index is 12.4. The van der Waals surface area contributed by atoms with Gasteiger partial charge in [-0.25, -0.2) is 0 Å². The summed E-state index contributed by atoms with van der Waals surface area (Å²) in [6.07, 6.45) is 4.88. The quantitative estimate of drug-likeness (QED) is 0.294. The maximum Gasteiger partial charge on any atom is 0.236 e. The van der Waals surface area contributed by atoms with Crippen LogP contribution in [0, 0.1) is 22.7 Å². The second-order valence-corrected chi connectivity index (χ2v) is 13.2. The second-order valence-electron chi connectivity index (χ2n) is 12.2. The minimum absolute atomic E-state index is 0.00783. The Kier molecular flexibility index (Phi) is 13.9. The molecule has 1 atom stereocenters. The van der Waals surface area contributed by atoms with Crippen molar-refractivity contribution in [3.63, 3.8) is 0 Å². The van der Waals surface area contributed by atoms with Crippen LogP contribution in [0.2, 0.25) is 0 Å². The third-order valence-corrected chi connectivity index (χ3v) is 5.90. The fourth-order valence-corrected chi connectivity index (χ4v) is 4.93. The van der Waals surface area contributed by atoms with Gasteiger partial charge in [-0.1, -0.05) is 68.7 Å². The van der Waals surface area contributed by atoms with E-state index in [-0.39, 0.29) is 24.2 Å². The minimum Gasteiger partial charge on any atom is -0.396 e. The molecule has 0 bridgehead atoms. The lowest BCUT2D eigenvalue weighted by Gasteiger charge is -2.36. The number of hydrogen-bond acceptors (Lipinski definition) is 4. The fourth-order valence-electron chi connectivity index (χ4n) is 4.48. The van der Waals surface area contributed by atoms with Crippen LogP contribution in [-0.4, -0.2) is 33.7 Å². The molecule has 0 aromatic carbocycles. The first kappa shape index (κ1) is 32.6. The van der Waals surface area contributed by atoms with E-state index in [1.165, 1.54) is 19.3 Å². The highest BCUT2D eigenvalue weighted by molar-refractivity contribution is 7.82. The van der Waals surface area contributed by atoms with Crippen molar-refractivity contribution in [3.05, 3.63) is 0 Å². The third-order valence-electron chi connectivity index (χ3n) is 5.54. The molecule has 0 heterocycles. The Bertz CT molecular complexity index is 549. The zero-order chi connectivity index (χ0) is 25.3. The van der Waals surface area contributed by atoms with Crippen molar-refractivity contribution in [2.75, 3.05) is 6.61 Å². The number of thiol groups is 1. The average molecular weight is 460 g/mol. The molecule has 0 saturated carbocycles. The molecule has 0 fully saturated rings. The van der Waals surface area contributed by atoms with Crippen LogP contribution in [-0.2, 0) is 9.59 Å². The number of carbonyl (C=O) groups excluding carboxylic acids is 2. The predicted molar refractivity (Wildman–Crippen MR) is 138 cm³/mol. The molecule has 0 spiro atoms. The third kappa shape index (κ3) is 14.3. The second kappa shape index (κ2) is 13.2. The van der Waals surface area contributed by atoms with Crippen LogP contribution >= 0.6 is 12.6 Å². The molecule has 186 valence electrons. The van der Waals surface area contributed by atoms with Crippen molar-refractivity contribution < 1.29 is 14.7 Å². The summed E-state index contributed by atoms with van der Waals surface area (Å²) in [4.78, 5) is 24.7. The van der Waals surface area contributed by atoms with Crippen LogP contribution in [0.5, 0.6) is 0 Å². The van der Waals surface area contributed by atoms with Crippen molar-refractivity contribution in [2.45, 2.75) is 125 Å². The molecule has 31 heavy (non-hydrogen) atoms. The minimum atomic E-state index is -0.944. The molecule has 0 rings (SSSR count). The van der Waals surface area contributed by atoms with Crippen LogP contribution in [0.4, 0.5) is 0 Å². The molecule has 0 aliphatic rings. The van der Waals surface area contributed by atoms with Crippen molar-refractivity contribution in [1.82, 2.24) is 5.32 Å². The zero-order valence-corrected chi connectivity index (χ0v) is 23.5. The van der Waals surface area contributed by atoms with Crippen LogP contribution < -0.4 is 5.32 Å². The van der Waals surface area contributed by atoms with Crippen LogP contribution in [0.15, 0.2) is 0 Å². The Morgan fingerprint density at radius 3 is 1.77 bits per heavy atom. The van der Waals surface area contributed by atoms with Gasteiger partial charge in [0, 0.05) is 23.5 Å². The van der Waals surface area contributed by atoms with Gasteiger partial charge >= 0.3 is 0 Å². The van der Waals surface area contributed by atoms with E-state index in [1.807, 2.05) is 41.5 Å². The normalized spacial score (nSPS) is 14.7. The molecule has 0 aromatic rings. The van der Waals surface area contributed by atoms with Crippen molar-refractivity contribution in [2.24, 2.45) is 22.7 Å². The molecular weight excluding hydrogens is 406 g/mol. The largest absolute Gasteiger partial charge is 0.396 e. The number of aliphatic hydroxyl groups excluding tert-OH is 1. The van der Waals surface area contributed by atoms with Gasteiger partial charge in [-0.2, -0.15) is 12.6 Å². The topological polar surface area (TPSA) is 66.4 Å². The Balaban J connectivity index is 0. The van der Waals surface area contributed by atoms with E-state index in [4.69, 9.17) is 5.11 Å². The standard InChI is InChI=1S/C16H31NO3S.C10H22/c1-11(2)12(19)14(3,4)10-16(7,21)13(20)17-15(5,6)8-9-18;1-6-7-10(4,5)8-9(2)3/h11,18,21H,8-10H2,1-7H3,(H,17,20);9H,6-8H2,1-5H3. The van der Waals surface area contributed by atoms with E-state index in [2.05, 4.69) is 52.6 Å². The predicted octanol–water partition coefficient (Wildman–Crippen LogP) is 6.45. The summed E-state index contributed by atoms with van der Waals surface area (Å²) in [5, 5.41) is 11.9. The average Bonchev–Trinajstić information content (AvgIpc) is 2.51. The first-order valence-electron chi connectivity index (χ1n) is 11.9. The van der Waals surface area contributed by atoms with Crippen molar-refractivity contribution in [1.29, 1.82) is 0 Å². The lowest BCUT2D eigenvalue weighted by Crippen LogP contribution is -2.53. The lowest BCUT2D eigenvalue weighted by atomic mass is 9.75. The Hall–Kier alpha value is -0.550. The van der Waals surface area contributed by atoms with E-state index in [0.29, 0.717) is 18.3 Å². The summed E-state index contributed by atoms with van der Waals surface area (Å²) in [5.74, 6) is 0.693. The molecule has 0 aromatic heterocycles. The van der Waals surface area contributed by atoms with Crippen LogP contribution in [0.25, 0.3) is 0 Å². The van der Waals surface area contributed by atoms with Crippen molar-refractivity contribution >= 4 is 24.3 Å². The summed E-state index contributed by atoms with van der Waals surface area (Å²) in [6.45, 7) is 24.5. The molecule has 0 aliphatic heterocycles. The van der Waals surface area contributed by atoms with Gasteiger partial charge in [0.15, 0.2) is 0 Å². The highest BCUT2D eigenvalue weighted by atomic mass is 32.1. The van der Waals surface area contributed by atoms with Gasteiger partial charge < -0.3 is 10.4 Å². The van der Waals surface area contributed by atoms with E-state index in [9.17, 15) is 9.59 Å². The summed E-state index contributed by atoms with van der Waals surface area (Å²) < 4.78 is -0.944. The van der Waals surface area contributed by atoms with E-state index >= 15 is 0 Å². The van der Waals surface area contributed by atoms with Gasteiger partial charge in [-0.15, -0.1) is 0 Å². The Morgan fingerprint density at radius 1 is 0.935 bits per heavy atom. The van der Waals surface area contributed by atoms with Gasteiger partial charge in [0.25, 0.3) is 0 Å². The van der Waals surface area contributed by atoms with E-state index < -0.39 is 15.7 Å². The molecule has 0 radical (unpaired) electrons. The first-order valence-corrected chi connectivity index (χ1v) is 12.4. The Morgan fingerprint density at radius 2 is 1.42 bits per heavy atom. The molecule has 1 unspecified atom stereocenters. The summed E-state index contributed by atoms with van der Waals surface area (Å²) >= 11 is 4.49. The van der Waals surface area contributed by atoms with Crippen LogP contribution in [0.3, 0.4) is 0 Å². The Labute approximate surface area is 199 Å². The monoisotopic (exact) mass is 459 g/mol. The van der Waals surface area contributed by atoms with Gasteiger partial charge in [0.05, 0.1) is 4.75 Å². The fraction of sp³-hybridized carbons (Fsp3) is 0.923. The highest BCUT2D eigenvalue weighted by Crippen LogP contribution is 2.35. The number of Topliss-reactive ketones (excluding diaryl/α,β-unsaturated/α-hetero) is 1. The summed E-state index contributed by atoms with van der Waals surface area (Å²) in [5.41, 5.74) is -0.534. The van der Waals surface area contributed by atoms with Gasteiger partial charge in [0.2, 0.25) is 5.91 Å². The van der Waals surface area contributed by atoms with Crippen LogP contribution in [0.1, 0.15) is 115 Å². The number of ketones is 1. The molecular formula is C26H53NO3S. The molecule has 0 saturated heterocycles. The van der Waals surface area contributed by atoms with Gasteiger partial charge in [-0.3, -0.25) is 9.59 Å². The zero-order valence-electron chi connectivity index (χ0n) is 22.6. The number of carbonyl (C=O) groups is 2. The summed E-state index contributed by atoms with van der Waals surface area (Å²) in [6, 6.07) is 0. The van der Waals surface area contributed by atoms with Gasteiger partial charge in [-0.05, 0) is 57.8 Å². The number of rotatable bonds is 12. The van der Waals surface area contributed by atoms with Gasteiger partial charge in [0.1, 0.15) is 5.78 Å². The number of amides is 1. The SMILES string of the molecule is CC(C)C(=O)C(C)(C)CC(C)(S)C(=O)NC(C)(C)CCO.CCCC(C)(C)CC(C)C. The molecule has 5 heteroatoms. The smallest absolute Gasteiger partial charge is 0.236 e. The number of aliphatic hydroxyl groups is 1. The number of hydrogen-bond donors (Lipinski definition) is 3. The van der Waals surface area contributed by atoms with E-state index in [0.717, 1.165) is 5.92 Å². The first-order chi connectivity index (χ1) is 13.7.